The number of allylic oxidation sites excluding steroid dienone is 1. The average Bonchev–Trinajstić information content (AvgIpc) is 3.21. The van der Waals surface area contributed by atoms with Crippen molar-refractivity contribution in [3.8, 4) is 5.75 Å². The van der Waals surface area contributed by atoms with Crippen molar-refractivity contribution < 1.29 is 4.74 Å². The Labute approximate surface area is 138 Å². The third-order valence-electron chi connectivity index (χ3n) is 4.85. The Kier molecular flexibility index (Phi) is 4.16. The summed E-state index contributed by atoms with van der Waals surface area (Å²) in [6.07, 6.45) is 8.76. The number of rotatable bonds is 6. The molecule has 0 aromatic heterocycles. The van der Waals surface area contributed by atoms with Gasteiger partial charge in [-0.15, -0.1) is 0 Å². The molecule has 0 saturated carbocycles. The first-order chi connectivity index (χ1) is 11.4. The van der Waals surface area contributed by atoms with Crippen LogP contribution in [0.5, 0.6) is 5.75 Å². The molecule has 2 aliphatic rings. The molecule has 0 aliphatic heterocycles. The Hall–Kier alpha value is -2.06. The van der Waals surface area contributed by atoms with Gasteiger partial charge in [-0.3, -0.25) is 0 Å². The molecule has 0 spiro atoms. The highest BCUT2D eigenvalue weighted by Gasteiger charge is 2.19. The van der Waals surface area contributed by atoms with E-state index >= 15 is 0 Å². The van der Waals surface area contributed by atoms with Crippen LogP contribution < -0.4 is 10.1 Å². The maximum Gasteiger partial charge on any atom is 0.123 e. The summed E-state index contributed by atoms with van der Waals surface area (Å²) in [6, 6.07) is 15.7. The molecule has 1 N–H and O–H groups in total. The summed E-state index contributed by atoms with van der Waals surface area (Å²) < 4.78 is 6.00. The SMILES string of the molecule is C1=Cc2cccc(OCCCNC3Cc4ccccc4C3)c2C1. The molecule has 0 fully saturated rings. The quantitative estimate of drug-likeness (QED) is 0.820. The number of benzene rings is 2. The second kappa shape index (κ2) is 6.59. The summed E-state index contributed by atoms with van der Waals surface area (Å²) in [4.78, 5) is 0. The summed E-state index contributed by atoms with van der Waals surface area (Å²) in [7, 11) is 0. The lowest BCUT2D eigenvalue weighted by Gasteiger charge is -2.13. The Morgan fingerprint density at radius 2 is 1.83 bits per heavy atom. The summed E-state index contributed by atoms with van der Waals surface area (Å²) in [6.45, 7) is 1.80. The molecule has 0 amide bonds. The highest BCUT2D eigenvalue weighted by molar-refractivity contribution is 5.63. The van der Waals surface area contributed by atoms with Crippen molar-refractivity contribution in [2.75, 3.05) is 13.2 Å². The number of hydrogen-bond donors (Lipinski definition) is 1. The van der Waals surface area contributed by atoms with Gasteiger partial charge in [0.05, 0.1) is 6.61 Å². The van der Waals surface area contributed by atoms with Gasteiger partial charge in [0.25, 0.3) is 0 Å². The smallest absolute Gasteiger partial charge is 0.123 e. The van der Waals surface area contributed by atoms with Crippen LogP contribution in [0.1, 0.15) is 28.7 Å². The van der Waals surface area contributed by atoms with Gasteiger partial charge < -0.3 is 10.1 Å². The van der Waals surface area contributed by atoms with E-state index in [9.17, 15) is 0 Å². The van der Waals surface area contributed by atoms with E-state index < -0.39 is 0 Å². The van der Waals surface area contributed by atoms with E-state index in [1.54, 1.807) is 0 Å². The second-order valence-corrected chi connectivity index (χ2v) is 6.46. The van der Waals surface area contributed by atoms with Crippen LogP contribution in [0.15, 0.2) is 48.5 Å². The second-order valence-electron chi connectivity index (χ2n) is 6.46. The first-order valence-electron chi connectivity index (χ1n) is 8.61. The Morgan fingerprint density at radius 1 is 1.00 bits per heavy atom. The lowest BCUT2D eigenvalue weighted by molar-refractivity contribution is 0.302. The van der Waals surface area contributed by atoms with E-state index in [2.05, 4.69) is 59.9 Å². The highest BCUT2D eigenvalue weighted by atomic mass is 16.5. The molecule has 2 nitrogen and oxygen atoms in total. The van der Waals surface area contributed by atoms with Crippen LogP contribution >= 0.6 is 0 Å². The molecule has 0 unspecified atom stereocenters. The predicted molar refractivity (Wildman–Crippen MR) is 94.9 cm³/mol. The molecular weight excluding hydrogens is 282 g/mol. The van der Waals surface area contributed by atoms with Crippen LogP contribution in [-0.2, 0) is 19.3 Å². The van der Waals surface area contributed by atoms with Crippen molar-refractivity contribution in [2.45, 2.75) is 31.7 Å². The monoisotopic (exact) mass is 305 g/mol. The Morgan fingerprint density at radius 3 is 2.65 bits per heavy atom. The summed E-state index contributed by atoms with van der Waals surface area (Å²) in [5, 5.41) is 3.67. The van der Waals surface area contributed by atoms with Crippen LogP contribution in [0.3, 0.4) is 0 Å². The van der Waals surface area contributed by atoms with Crippen molar-refractivity contribution in [2.24, 2.45) is 0 Å². The summed E-state index contributed by atoms with van der Waals surface area (Å²) in [5.41, 5.74) is 5.67. The van der Waals surface area contributed by atoms with Gasteiger partial charge in [0, 0.05) is 11.6 Å². The molecule has 2 aliphatic carbocycles. The predicted octanol–water partition coefficient (Wildman–Crippen LogP) is 3.78. The molecular formula is C21H23NO. The zero-order valence-corrected chi connectivity index (χ0v) is 13.4. The fourth-order valence-electron chi connectivity index (χ4n) is 3.66. The van der Waals surface area contributed by atoms with Gasteiger partial charge in [0.1, 0.15) is 5.75 Å². The van der Waals surface area contributed by atoms with Crippen LogP contribution in [0.25, 0.3) is 6.08 Å². The van der Waals surface area contributed by atoms with Crippen molar-refractivity contribution in [3.63, 3.8) is 0 Å². The van der Waals surface area contributed by atoms with E-state index in [0.29, 0.717) is 6.04 Å². The number of hydrogen-bond acceptors (Lipinski definition) is 2. The maximum atomic E-state index is 6.00. The minimum Gasteiger partial charge on any atom is -0.493 e. The molecule has 23 heavy (non-hydrogen) atoms. The molecule has 2 aromatic rings. The molecule has 4 rings (SSSR count). The number of nitrogens with one attached hydrogen (secondary N) is 1. The van der Waals surface area contributed by atoms with Crippen LogP contribution in [0.2, 0.25) is 0 Å². The fraction of sp³-hybridized carbons (Fsp3) is 0.333. The lowest BCUT2D eigenvalue weighted by Crippen LogP contribution is -2.31. The highest BCUT2D eigenvalue weighted by Crippen LogP contribution is 2.28. The normalized spacial score (nSPS) is 15.7. The van der Waals surface area contributed by atoms with Crippen LogP contribution in [0.4, 0.5) is 0 Å². The molecule has 2 aromatic carbocycles. The molecule has 118 valence electrons. The van der Waals surface area contributed by atoms with E-state index in [-0.39, 0.29) is 0 Å². The van der Waals surface area contributed by atoms with Crippen LogP contribution in [0, 0.1) is 0 Å². The average molecular weight is 305 g/mol. The van der Waals surface area contributed by atoms with Crippen molar-refractivity contribution in [1.82, 2.24) is 5.32 Å². The van der Waals surface area contributed by atoms with Gasteiger partial charge in [0.15, 0.2) is 0 Å². The summed E-state index contributed by atoms with van der Waals surface area (Å²) >= 11 is 0. The Bertz CT molecular complexity index is 695. The van der Waals surface area contributed by atoms with E-state index in [4.69, 9.17) is 4.74 Å². The molecule has 0 heterocycles. The van der Waals surface area contributed by atoms with Gasteiger partial charge in [-0.05, 0) is 55.0 Å². The summed E-state index contributed by atoms with van der Waals surface area (Å²) in [5.74, 6) is 1.06. The van der Waals surface area contributed by atoms with E-state index in [1.165, 1.54) is 22.3 Å². The third-order valence-corrected chi connectivity index (χ3v) is 4.85. The Balaban J connectivity index is 1.20. The maximum absolute atomic E-state index is 6.00. The number of fused-ring (bicyclic) bond motifs is 2. The first kappa shape index (κ1) is 14.5. The fourth-order valence-corrected chi connectivity index (χ4v) is 3.66. The van der Waals surface area contributed by atoms with Gasteiger partial charge in [-0.1, -0.05) is 48.6 Å². The van der Waals surface area contributed by atoms with Crippen LogP contribution in [-0.4, -0.2) is 19.2 Å². The van der Waals surface area contributed by atoms with Crippen molar-refractivity contribution in [3.05, 3.63) is 70.8 Å². The standard InChI is InChI=1S/C21H23NO/c1-2-7-18-15-19(14-17(18)6-1)22-12-5-13-23-21-11-4-9-16-8-3-10-20(16)21/h1-4,6-9,11,19,22H,5,10,12-15H2. The van der Waals surface area contributed by atoms with E-state index in [0.717, 1.165) is 44.6 Å². The topological polar surface area (TPSA) is 21.3 Å². The molecule has 0 radical (unpaired) electrons. The zero-order chi connectivity index (χ0) is 15.5. The zero-order valence-electron chi connectivity index (χ0n) is 13.4. The minimum atomic E-state index is 0.595. The lowest BCUT2D eigenvalue weighted by atomic mass is 10.1. The van der Waals surface area contributed by atoms with Gasteiger partial charge in [-0.2, -0.15) is 0 Å². The van der Waals surface area contributed by atoms with E-state index in [1.807, 2.05) is 0 Å². The van der Waals surface area contributed by atoms with Crippen molar-refractivity contribution >= 4 is 6.08 Å². The molecule has 2 heteroatoms. The third kappa shape index (κ3) is 3.18. The molecule has 0 saturated heterocycles. The van der Waals surface area contributed by atoms with Crippen molar-refractivity contribution in [1.29, 1.82) is 0 Å². The molecule has 0 atom stereocenters. The molecule has 0 bridgehead atoms. The van der Waals surface area contributed by atoms with Gasteiger partial charge in [0.2, 0.25) is 0 Å². The minimum absolute atomic E-state index is 0.595. The van der Waals surface area contributed by atoms with Gasteiger partial charge in [-0.25, -0.2) is 0 Å². The number of ether oxygens (including phenoxy) is 1. The van der Waals surface area contributed by atoms with Gasteiger partial charge >= 0.3 is 0 Å². The first-order valence-corrected chi connectivity index (χ1v) is 8.61. The largest absolute Gasteiger partial charge is 0.493 e.